The summed E-state index contributed by atoms with van der Waals surface area (Å²) in [5, 5.41) is 8.28. The van der Waals surface area contributed by atoms with Crippen molar-refractivity contribution >= 4 is 23.3 Å². The molecule has 0 unspecified atom stereocenters. The molecule has 1 heterocycles. The highest BCUT2D eigenvalue weighted by molar-refractivity contribution is 5.95. The molecule has 0 spiro atoms. The second-order valence-corrected chi connectivity index (χ2v) is 4.29. The molecule has 0 aliphatic carbocycles. The maximum absolute atomic E-state index is 11.6. The van der Waals surface area contributed by atoms with E-state index in [2.05, 4.69) is 21.9 Å². The van der Waals surface area contributed by atoms with Crippen molar-refractivity contribution < 1.29 is 9.59 Å². The summed E-state index contributed by atoms with van der Waals surface area (Å²) in [6.07, 6.45) is 5.07. The van der Waals surface area contributed by atoms with Gasteiger partial charge in [0.15, 0.2) is 0 Å². The molecule has 3 N–H and O–H groups in total. The van der Waals surface area contributed by atoms with Crippen LogP contribution in [-0.4, -0.2) is 38.1 Å². The minimum atomic E-state index is -0.160. The topological polar surface area (TPSA) is 73.5 Å². The van der Waals surface area contributed by atoms with Gasteiger partial charge < -0.3 is 10.6 Å². The molecular formula is C14H16N4O2. The van der Waals surface area contributed by atoms with Crippen molar-refractivity contribution in [3.63, 3.8) is 0 Å². The summed E-state index contributed by atoms with van der Waals surface area (Å²) >= 11 is 0. The van der Waals surface area contributed by atoms with Gasteiger partial charge in [-0.15, -0.1) is 6.42 Å². The molecule has 1 aromatic rings. The summed E-state index contributed by atoms with van der Waals surface area (Å²) in [6.45, 7) is 1.83. The Morgan fingerprint density at radius 1 is 1.40 bits per heavy atom. The Balaban J connectivity index is 1.90. The molecule has 0 aromatic heterocycles. The van der Waals surface area contributed by atoms with Crippen molar-refractivity contribution in [2.24, 2.45) is 0 Å². The van der Waals surface area contributed by atoms with Gasteiger partial charge in [0.2, 0.25) is 5.91 Å². The van der Waals surface area contributed by atoms with E-state index in [1.165, 1.54) is 0 Å². The van der Waals surface area contributed by atoms with Crippen LogP contribution in [0.2, 0.25) is 0 Å². The number of hydrogen-bond acceptors (Lipinski definition) is 3. The van der Waals surface area contributed by atoms with E-state index in [4.69, 9.17) is 6.42 Å². The molecule has 1 aliphatic heterocycles. The lowest BCUT2D eigenvalue weighted by Gasteiger charge is -2.14. The maximum atomic E-state index is 11.6. The number of carbonyl (C=O) groups excluding carboxylic acids is 2. The predicted octanol–water partition coefficient (Wildman–Crippen LogP) is 0.378. The molecule has 0 bridgehead atoms. The molecule has 6 heteroatoms. The van der Waals surface area contributed by atoms with Crippen LogP contribution in [0.5, 0.6) is 0 Å². The van der Waals surface area contributed by atoms with Crippen LogP contribution in [-0.2, 0) is 4.79 Å². The SMILES string of the molecule is C#CCNCC(=O)Nc1ccc(N2CCNC2=O)cc1. The second kappa shape index (κ2) is 6.59. The highest BCUT2D eigenvalue weighted by Crippen LogP contribution is 2.19. The number of nitrogens with one attached hydrogen (secondary N) is 3. The van der Waals surface area contributed by atoms with Crippen LogP contribution >= 0.6 is 0 Å². The average Bonchev–Trinajstić information content (AvgIpc) is 2.86. The van der Waals surface area contributed by atoms with E-state index in [9.17, 15) is 9.59 Å². The fourth-order valence-corrected chi connectivity index (χ4v) is 1.90. The van der Waals surface area contributed by atoms with E-state index >= 15 is 0 Å². The standard InChI is InChI=1S/C14H16N4O2/c1-2-7-15-10-13(19)17-11-3-5-12(6-4-11)18-9-8-16-14(18)20/h1,3-6,15H,7-10H2,(H,16,20)(H,17,19). The molecule has 0 radical (unpaired) electrons. The first-order valence-corrected chi connectivity index (χ1v) is 6.30. The number of hydrogen-bond donors (Lipinski definition) is 3. The smallest absolute Gasteiger partial charge is 0.321 e. The number of terminal acetylenes is 1. The van der Waals surface area contributed by atoms with E-state index in [1.807, 2.05) is 0 Å². The number of nitrogens with zero attached hydrogens (tertiary/aromatic N) is 1. The van der Waals surface area contributed by atoms with Gasteiger partial charge in [-0.2, -0.15) is 0 Å². The van der Waals surface area contributed by atoms with Crippen molar-refractivity contribution in [3.8, 4) is 12.3 Å². The van der Waals surface area contributed by atoms with E-state index in [-0.39, 0.29) is 18.5 Å². The summed E-state index contributed by atoms with van der Waals surface area (Å²) in [6, 6.07) is 7.03. The first-order chi connectivity index (χ1) is 9.70. The van der Waals surface area contributed by atoms with Crippen molar-refractivity contribution in [1.29, 1.82) is 0 Å². The molecular weight excluding hydrogens is 256 g/mol. The Morgan fingerprint density at radius 3 is 2.75 bits per heavy atom. The Kier molecular flexibility index (Phi) is 4.58. The highest BCUT2D eigenvalue weighted by Gasteiger charge is 2.20. The molecule has 1 aromatic carbocycles. The Morgan fingerprint density at radius 2 is 2.15 bits per heavy atom. The zero-order valence-electron chi connectivity index (χ0n) is 11.0. The highest BCUT2D eigenvalue weighted by atomic mass is 16.2. The fourth-order valence-electron chi connectivity index (χ4n) is 1.90. The Bertz CT molecular complexity index is 533. The second-order valence-electron chi connectivity index (χ2n) is 4.29. The van der Waals surface area contributed by atoms with Gasteiger partial charge in [0.1, 0.15) is 0 Å². The lowest BCUT2D eigenvalue weighted by atomic mass is 10.2. The van der Waals surface area contributed by atoms with Crippen molar-refractivity contribution in [1.82, 2.24) is 10.6 Å². The summed E-state index contributed by atoms with van der Waals surface area (Å²) in [5.41, 5.74) is 1.49. The molecule has 2 rings (SSSR count). The van der Waals surface area contributed by atoms with Gasteiger partial charge in [-0.05, 0) is 24.3 Å². The monoisotopic (exact) mass is 272 g/mol. The van der Waals surface area contributed by atoms with Crippen LogP contribution in [0.15, 0.2) is 24.3 Å². The number of carbonyl (C=O) groups is 2. The minimum Gasteiger partial charge on any atom is -0.336 e. The Labute approximate surface area is 117 Å². The first kappa shape index (κ1) is 13.9. The van der Waals surface area contributed by atoms with E-state index < -0.39 is 0 Å². The van der Waals surface area contributed by atoms with E-state index in [0.717, 1.165) is 5.69 Å². The molecule has 1 fully saturated rings. The molecule has 1 saturated heterocycles. The molecule has 0 saturated carbocycles. The number of benzene rings is 1. The van der Waals surface area contributed by atoms with Crippen LogP contribution in [0, 0.1) is 12.3 Å². The fraction of sp³-hybridized carbons (Fsp3) is 0.286. The van der Waals surface area contributed by atoms with Gasteiger partial charge >= 0.3 is 6.03 Å². The maximum Gasteiger partial charge on any atom is 0.321 e. The predicted molar refractivity (Wildman–Crippen MR) is 77.5 cm³/mol. The van der Waals surface area contributed by atoms with Gasteiger partial charge in [0, 0.05) is 24.5 Å². The van der Waals surface area contributed by atoms with Gasteiger partial charge in [-0.25, -0.2) is 4.79 Å². The normalized spacial score (nSPS) is 13.8. The van der Waals surface area contributed by atoms with Gasteiger partial charge in [-0.1, -0.05) is 5.92 Å². The summed E-state index contributed by atoms with van der Waals surface area (Å²) < 4.78 is 0. The van der Waals surface area contributed by atoms with Crippen LogP contribution in [0.4, 0.5) is 16.2 Å². The van der Waals surface area contributed by atoms with Crippen molar-refractivity contribution in [2.75, 3.05) is 36.4 Å². The zero-order valence-corrected chi connectivity index (χ0v) is 11.0. The molecule has 3 amide bonds. The number of urea groups is 1. The van der Waals surface area contributed by atoms with Crippen LogP contribution in [0.3, 0.4) is 0 Å². The molecule has 104 valence electrons. The molecule has 20 heavy (non-hydrogen) atoms. The first-order valence-electron chi connectivity index (χ1n) is 6.30. The lowest BCUT2D eigenvalue weighted by molar-refractivity contribution is -0.115. The van der Waals surface area contributed by atoms with Crippen molar-refractivity contribution in [3.05, 3.63) is 24.3 Å². The minimum absolute atomic E-state index is 0.0970. The van der Waals surface area contributed by atoms with Crippen LogP contribution in [0.1, 0.15) is 0 Å². The average molecular weight is 272 g/mol. The van der Waals surface area contributed by atoms with Gasteiger partial charge in [-0.3, -0.25) is 15.0 Å². The third-order valence-corrected chi connectivity index (χ3v) is 2.83. The molecule has 1 aliphatic rings. The lowest BCUT2D eigenvalue weighted by Crippen LogP contribution is -2.28. The van der Waals surface area contributed by atoms with Crippen LogP contribution in [0.25, 0.3) is 0 Å². The van der Waals surface area contributed by atoms with E-state index in [1.54, 1.807) is 29.2 Å². The zero-order chi connectivity index (χ0) is 14.4. The largest absolute Gasteiger partial charge is 0.336 e. The van der Waals surface area contributed by atoms with Gasteiger partial charge in [0.05, 0.1) is 13.1 Å². The number of anilines is 2. The van der Waals surface area contributed by atoms with Crippen molar-refractivity contribution in [2.45, 2.75) is 0 Å². The quantitative estimate of drug-likeness (QED) is 0.536. The third kappa shape index (κ3) is 3.49. The molecule has 0 atom stereocenters. The Hall–Kier alpha value is -2.52. The summed E-state index contributed by atoms with van der Waals surface area (Å²) in [4.78, 5) is 24.7. The third-order valence-electron chi connectivity index (χ3n) is 2.83. The van der Waals surface area contributed by atoms with Crippen LogP contribution < -0.4 is 20.9 Å². The van der Waals surface area contributed by atoms with E-state index in [0.29, 0.717) is 25.3 Å². The number of rotatable bonds is 5. The summed E-state index contributed by atoms with van der Waals surface area (Å²) in [5.74, 6) is 2.24. The summed E-state index contributed by atoms with van der Waals surface area (Å²) in [7, 11) is 0. The molecule has 6 nitrogen and oxygen atoms in total. The number of amides is 3. The van der Waals surface area contributed by atoms with Gasteiger partial charge in [0.25, 0.3) is 0 Å².